The molecule has 1 aromatic carbocycles. The van der Waals surface area contributed by atoms with E-state index in [1.54, 1.807) is 26.2 Å². The molecule has 2 aliphatic heterocycles. The molecule has 0 radical (unpaired) electrons. The molecule has 11 nitrogen and oxygen atoms in total. The molecule has 3 rings (SSSR count). The van der Waals surface area contributed by atoms with E-state index in [-0.39, 0.29) is 12.5 Å². The maximum atomic E-state index is 10.5. The van der Waals surface area contributed by atoms with Crippen molar-refractivity contribution in [3.05, 3.63) is 23.3 Å². The Hall–Kier alpha value is -1.54. The lowest BCUT2D eigenvalue weighted by atomic mass is 9.98. The van der Waals surface area contributed by atoms with Gasteiger partial charge in [-0.2, -0.15) is 0 Å². The highest BCUT2D eigenvalue weighted by atomic mass is 16.7. The number of hydrogen-bond donors (Lipinski definition) is 6. The van der Waals surface area contributed by atoms with Gasteiger partial charge in [-0.15, -0.1) is 0 Å². The van der Waals surface area contributed by atoms with Crippen molar-refractivity contribution in [3.63, 3.8) is 0 Å². The fourth-order valence-electron chi connectivity index (χ4n) is 4.05. The predicted molar refractivity (Wildman–Crippen MR) is 117 cm³/mol. The first-order valence-corrected chi connectivity index (χ1v) is 11.3. The third-order valence-electron chi connectivity index (χ3n) is 6.29. The van der Waals surface area contributed by atoms with E-state index < -0.39 is 61.4 Å². The molecule has 0 spiro atoms. The molecular weight excluding hydrogens is 452 g/mol. The summed E-state index contributed by atoms with van der Waals surface area (Å²) in [6.45, 7) is 6.94. The molecule has 2 heterocycles. The molecule has 0 aliphatic carbocycles. The first-order valence-electron chi connectivity index (χ1n) is 11.3. The zero-order chi connectivity index (χ0) is 25.3. The van der Waals surface area contributed by atoms with E-state index in [0.29, 0.717) is 17.1 Å². The van der Waals surface area contributed by atoms with Crippen LogP contribution in [0.1, 0.15) is 37.8 Å². The van der Waals surface area contributed by atoms with E-state index in [1.165, 1.54) is 6.92 Å². The van der Waals surface area contributed by atoms with E-state index in [2.05, 4.69) is 0 Å². The molecule has 0 unspecified atom stereocenters. The summed E-state index contributed by atoms with van der Waals surface area (Å²) >= 11 is 0. The number of aryl methyl sites for hydroxylation is 1. The number of ether oxygens (including phenoxy) is 5. The molecule has 11 heteroatoms. The molecule has 2 aliphatic rings. The number of benzene rings is 1. The van der Waals surface area contributed by atoms with Gasteiger partial charge in [0.25, 0.3) is 0 Å². The topological polar surface area (TPSA) is 168 Å². The molecule has 0 aromatic heterocycles. The van der Waals surface area contributed by atoms with Crippen LogP contribution in [0.3, 0.4) is 0 Å². The Bertz CT molecular complexity index is 818. The zero-order valence-electron chi connectivity index (χ0n) is 19.9. The quantitative estimate of drug-likeness (QED) is 0.283. The molecule has 34 heavy (non-hydrogen) atoms. The summed E-state index contributed by atoms with van der Waals surface area (Å²) in [6, 6.07) is 3.58. The van der Waals surface area contributed by atoms with Gasteiger partial charge in [-0.3, -0.25) is 0 Å². The van der Waals surface area contributed by atoms with Gasteiger partial charge in [0, 0.05) is 5.56 Å². The summed E-state index contributed by atoms with van der Waals surface area (Å²) in [4.78, 5) is 0. The van der Waals surface area contributed by atoms with Crippen LogP contribution in [-0.4, -0.2) is 106 Å². The molecule has 10 atom stereocenters. The van der Waals surface area contributed by atoms with E-state index in [4.69, 9.17) is 23.7 Å². The first-order chi connectivity index (χ1) is 16.0. The van der Waals surface area contributed by atoms with Gasteiger partial charge < -0.3 is 54.3 Å². The number of rotatable bonds is 7. The predicted octanol–water partition coefficient (Wildman–Crippen LogP) is -0.842. The summed E-state index contributed by atoms with van der Waals surface area (Å²) in [5, 5.41) is 61.1. The van der Waals surface area contributed by atoms with Crippen molar-refractivity contribution in [2.75, 3.05) is 13.7 Å². The van der Waals surface area contributed by atoms with Crippen LogP contribution >= 0.6 is 0 Å². The highest BCUT2D eigenvalue weighted by Crippen LogP contribution is 2.35. The highest BCUT2D eigenvalue weighted by molar-refractivity contribution is 5.47. The molecule has 194 valence electrons. The van der Waals surface area contributed by atoms with Crippen molar-refractivity contribution in [2.24, 2.45) is 0 Å². The minimum Gasteiger partial charge on any atom is -0.496 e. The second kappa shape index (κ2) is 11.0. The fraction of sp³-hybridized carbons (Fsp3) is 0.739. The lowest BCUT2D eigenvalue weighted by Crippen LogP contribution is -2.61. The minimum absolute atomic E-state index is 0.127. The molecule has 2 fully saturated rings. The van der Waals surface area contributed by atoms with Gasteiger partial charge in [0.05, 0.1) is 19.8 Å². The van der Waals surface area contributed by atoms with Crippen LogP contribution in [0.25, 0.3) is 0 Å². The Morgan fingerprint density at radius 1 is 0.824 bits per heavy atom. The number of aliphatic hydroxyl groups excluding tert-OH is 6. The van der Waals surface area contributed by atoms with Crippen molar-refractivity contribution >= 4 is 0 Å². The molecule has 1 aromatic rings. The second-order valence-corrected chi connectivity index (χ2v) is 9.16. The van der Waals surface area contributed by atoms with Gasteiger partial charge in [0.15, 0.2) is 6.29 Å². The van der Waals surface area contributed by atoms with Crippen LogP contribution in [0.15, 0.2) is 12.1 Å². The molecule has 6 N–H and O–H groups in total. The SMILES string of the molecule is COc1cc(C)c(O[C@@H]2O[C@H](CO[C@@H]3O[C@@H](C)[C@H](O)[C@@H](O)[C@H]3O)[C@@H](O)[C@H](O)[C@H]2O)cc1C(C)C. The van der Waals surface area contributed by atoms with Gasteiger partial charge in [-0.05, 0) is 37.5 Å². The molecule has 0 amide bonds. The van der Waals surface area contributed by atoms with Crippen LogP contribution < -0.4 is 9.47 Å². The van der Waals surface area contributed by atoms with E-state index >= 15 is 0 Å². The Morgan fingerprint density at radius 3 is 2.06 bits per heavy atom. The normalized spacial score (nSPS) is 38.7. The Balaban J connectivity index is 1.72. The van der Waals surface area contributed by atoms with Gasteiger partial charge in [-0.1, -0.05) is 13.8 Å². The second-order valence-electron chi connectivity index (χ2n) is 9.16. The Labute approximate surface area is 198 Å². The molecule has 2 saturated heterocycles. The van der Waals surface area contributed by atoms with Crippen molar-refractivity contribution < 1.29 is 54.3 Å². The summed E-state index contributed by atoms with van der Waals surface area (Å²) in [6.07, 6.45) is -13.6. The van der Waals surface area contributed by atoms with Crippen LogP contribution in [0.2, 0.25) is 0 Å². The maximum absolute atomic E-state index is 10.5. The number of methoxy groups -OCH3 is 1. The lowest BCUT2D eigenvalue weighted by Gasteiger charge is -2.42. The van der Waals surface area contributed by atoms with Crippen LogP contribution in [0.4, 0.5) is 0 Å². The molecular formula is C23H36O11. The highest BCUT2D eigenvalue weighted by Gasteiger charge is 2.47. The third kappa shape index (κ3) is 5.48. The van der Waals surface area contributed by atoms with Gasteiger partial charge >= 0.3 is 0 Å². The fourth-order valence-corrected chi connectivity index (χ4v) is 4.05. The van der Waals surface area contributed by atoms with E-state index in [0.717, 1.165) is 5.56 Å². The molecule has 0 saturated carbocycles. The number of aliphatic hydroxyl groups is 6. The smallest absolute Gasteiger partial charge is 0.229 e. The van der Waals surface area contributed by atoms with Crippen LogP contribution in [0.5, 0.6) is 11.5 Å². The third-order valence-corrected chi connectivity index (χ3v) is 6.29. The van der Waals surface area contributed by atoms with Gasteiger partial charge in [-0.25, -0.2) is 0 Å². The van der Waals surface area contributed by atoms with Crippen molar-refractivity contribution in [3.8, 4) is 11.5 Å². The largest absolute Gasteiger partial charge is 0.496 e. The monoisotopic (exact) mass is 488 g/mol. The first kappa shape index (κ1) is 27.1. The summed E-state index contributed by atoms with van der Waals surface area (Å²) in [5.41, 5.74) is 1.60. The minimum atomic E-state index is -1.60. The Kier molecular flexibility index (Phi) is 8.77. The van der Waals surface area contributed by atoms with Gasteiger partial charge in [0.1, 0.15) is 54.2 Å². The Morgan fingerprint density at radius 2 is 1.44 bits per heavy atom. The van der Waals surface area contributed by atoms with Crippen molar-refractivity contribution in [1.82, 2.24) is 0 Å². The zero-order valence-corrected chi connectivity index (χ0v) is 19.9. The van der Waals surface area contributed by atoms with Crippen LogP contribution in [0, 0.1) is 6.92 Å². The average molecular weight is 489 g/mol. The van der Waals surface area contributed by atoms with Crippen molar-refractivity contribution in [2.45, 2.75) is 95.0 Å². The standard InChI is InChI=1S/C23H36O11/c1-9(2)12-7-13(10(3)6-14(12)30-5)33-23-21(29)19(27)17(25)15(34-23)8-31-22-20(28)18(26)16(24)11(4)32-22/h6-7,9,11,15-29H,8H2,1-5H3/t11-,15+,16-,17+,18+,19-,20+,21+,22+,23+/m0/s1. The lowest BCUT2D eigenvalue weighted by molar-refractivity contribution is -0.318. The number of hydrogen-bond acceptors (Lipinski definition) is 11. The summed E-state index contributed by atoms with van der Waals surface area (Å²) < 4.78 is 27.9. The average Bonchev–Trinajstić information content (AvgIpc) is 2.80. The van der Waals surface area contributed by atoms with Gasteiger partial charge in [0.2, 0.25) is 6.29 Å². The van der Waals surface area contributed by atoms with E-state index in [9.17, 15) is 30.6 Å². The van der Waals surface area contributed by atoms with E-state index in [1.807, 2.05) is 13.8 Å². The molecule has 0 bridgehead atoms. The maximum Gasteiger partial charge on any atom is 0.229 e. The summed E-state index contributed by atoms with van der Waals surface area (Å²) in [5.74, 6) is 1.23. The van der Waals surface area contributed by atoms with Crippen molar-refractivity contribution in [1.29, 1.82) is 0 Å². The van der Waals surface area contributed by atoms with Crippen LogP contribution in [-0.2, 0) is 14.2 Å². The summed E-state index contributed by atoms with van der Waals surface area (Å²) in [7, 11) is 1.57.